The number of ether oxygens (including phenoxy) is 3. The van der Waals surface area contributed by atoms with Gasteiger partial charge in [-0.05, 0) is 76.1 Å². The number of aromatic carboxylic acids is 1. The number of benzene rings is 2. The van der Waals surface area contributed by atoms with Crippen molar-refractivity contribution in [2.24, 2.45) is 0 Å². The molecule has 35 heavy (non-hydrogen) atoms. The van der Waals surface area contributed by atoms with Crippen molar-refractivity contribution >= 4 is 5.97 Å². The largest absolute Gasteiger partial charge is 0.497 e. The molecule has 0 aliphatic rings. The van der Waals surface area contributed by atoms with E-state index in [1.165, 1.54) is 0 Å². The van der Waals surface area contributed by atoms with E-state index < -0.39 is 5.97 Å². The van der Waals surface area contributed by atoms with Gasteiger partial charge in [0.15, 0.2) is 11.5 Å². The van der Waals surface area contributed by atoms with Crippen LogP contribution in [-0.2, 0) is 19.5 Å². The molecule has 0 aliphatic carbocycles. The van der Waals surface area contributed by atoms with E-state index in [0.717, 1.165) is 51.7 Å². The smallest absolute Gasteiger partial charge is 0.337 e. The maximum absolute atomic E-state index is 12.1. The maximum Gasteiger partial charge on any atom is 0.337 e. The van der Waals surface area contributed by atoms with E-state index in [9.17, 15) is 9.90 Å². The van der Waals surface area contributed by atoms with Gasteiger partial charge in [0.2, 0.25) is 0 Å². The van der Waals surface area contributed by atoms with Crippen molar-refractivity contribution in [3.8, 4) is 17.2 Å². The normalized spacial score (nSPS) is 10.9. The predicted molar refractivity (Wildman–Crippen MR) is 137 cm³/mol. The maximum atomic E-state index is 12.1. The van der Waals surface area contributed by atoms with Crippen molar-refractivity contribution in [3.05, 3.63) is 76.1 Å². The second-order valence-corrected chi connectivity index (χ2v) is 8.34. The van der Waals surface area contributed by atoms with E-state index in [1.54, 1.807) is 7.11 Å². The first-order chi connectivity index (χ1) is 16.9. The van der Waals surface area contributed by atoms with Crippen molar-refractivity contribution in [1.82, 2.24) is 9.88 Å². The zero-order chi connectivity index (χ0) is 25.4. The first-order valence-electron chi connectivity index (χ1n) is 12.0. The minimum absolute atomic E-state index is 0.378. The summed E-state index contributed by atoms with van der Waals surface area (Å²) in [5.41, 5.74) is 5.14. The average molecular weight is 481 g/mol. The third-order valence-corrected chi connectivity index (χ3v) is 6.12. The van der Waals surface area contributed by atoms with E-state index in [0.29, 0.717) is 38.4 Å². The van der Waals surface area contributed by atoms with Crippen LogP contribution in [0.25, 0.3) is 0 Å². The molecule has 1 aromatic heterocycles. The Labute approximate surface area is 207 Å². The molecule has 2 N–H and O–H groups in total. The van der Waals surface area contributed by atoms with Crippen molar-refractivity contribution in [2.45, 2.75) is 47.2 Å². The molecule has 2 aromatic carbocycles. The molecule has 0 saturated carbocycles. The minimum Gasteiger partial charge on any atom is -0.497 e. The molecule has 188 valence electrons. The van der Waals surface area contributed by atoms with Crippen LogP contribution in [-0.4, -0.2) is 42.5 Å². The zero-order valence-electron chi connectivity index (χ0n) is 21.3. The number of hydrogen-bond acceptors (Lipinski definition) is 5. The van der Waals surface area contributed by atoms with Crippen LogP contribution in [0.2, 0.25) is 0 Å². The number of hydrogen-bond donors (Lipinski definition) is 2. The molecule has 0 spiro atoms. The zero-order valence-corrected chi connectivity index (χ0v) is 21.3. The highest BCUT2D eigenvalue weighted by atomic mass is 16.5. The van der Waals surface area contributed by atoms with E-state index in [1.807, 2.05) is 70.2 Å². The van der Waals surface area contributed by atoms with Gasteiger partial charge in [0.05, 0.1) is 25.9 Å². The van der Waals surface area contributed by atoms with Gasteiger partial charge < -0.3 is 29.2 Å². The summed E-state index contributed by atoms with van der Waals surface area (Å²) in [6.45, 7) is 10.7. The predicted octanol–water partition coefficient (Wildman–Crippen LogP) is 4.99. The fraction of sp³-hybridized carbons (Fsp3) is 0.393. The Kier molecular flexibility index (Phi) is 9.20. The lowest BCUT2D eigenvalue weighted by Crippen LogP contribution is -2.19. The lowest BCUT2D eigenvalue weighted by molar-refractivity contribution is 0.0694. The Morgan fingerprint density at radius 1 is 0.943 bits per heavy atom. The number of carboxylic acid groups (broad SMARTS) is 1. The van der Waals surface area contributed by atoms with Gasteiger partial charge >= 0.3 is 5.97 Å². The number of carbonyl (C=O) groups is 1. The monoisotopic (exact) mass is 480 g/mol. The van der Waals surface area contributed by atoms with Gasteiger partial charge in [-0.15, -0.1) is 0 Å². The second-order valence-electron chi connectivity index (χ2n) is 8.34. The van der Waals surface area contributed by atoms with Crippen LogP contribution in [0.4, 0.5) is 0 Å². The number of nitrogens with zero attached hydrogens (tertiary/aromatic N) is 1. The summed E-state index contributed by atoms with van der Waals surface area (Å²) in [6.07, 6.45) is 0.791. The molecule has 0 amide bonds. The summed E-state index contributed by atoms with van der Waals surface area (Å²) < 4.78 is 18.7. The van der Waals surface area contributed by atoms with Crippen molar-refractivity contribution < 1.29 is 24.1 Å². The SMILES string of the molecule is CCOc1ccc(CCNCc2c(C(=O)O)c(C)n(Cc3ccc(OC)cc3)c2C)cc1OCC. The third-order valence-electron chi connectivity index (χ3n) is 6.12. The Bertz CT molecular complexity index is 1140. The van der Waals surface area contributed by atoms with E-state index in [2.05, 4.69) is 9.88 Å². The van der Waals surface area contributed by atoms with Crippen molar-refractivity contribution in [1.29, 1.82) is 0 Å². The van der Waals surface area contributed by atoms with Crippen LogP contribution in [0, 0.1) is 13.8 Å². The molecule has 3 aromatic rings. The average Bonchev–Trinajstić information content (AvgIpc) is 3.08. The molecular weight excluding hydrogens is 444 g/mol. The topological polar surface area (TPSA) is 82.0 Å². The molecule has 0 fully saturated rings. The van der Waals surface area contributed by atoms with Crippen LogP contribution in [0.1, 0.15) is 52.3 Å². The van der Waals surface area contributed by atoms with Gasteiger partial charge in [0, 0.05) is 30.0 Å². The van der Waals surface area contributed by atoms with Crippen molar-refractivity contribution in [3.63, 3.8) is 0 Å². The summed E-state index contributed by atoms with van der Waals surface area (Å²) >= 11 is 0. The lowest BCUT2D eigenvalue weighted by atomic mass is 10.1. The minimum atomic E-state index is -0.899. The first kappa shape index (κ1) is 26.2. The van der Waals surface area contributed by atoms with Crippen LogP contribution in [0.3, 0.4) is 0 Å². The summed E-state index contributed by atoms with van der Waals surface area (Å²) in [7, 11) is 1.64. The molecule has 0 saturated heterocycles. The number of aromatic nitrogens is 1. The highest BCUT2D eigenvalue weighted by Gasteiger charge is 2.22. The molecule has 0 aliphatic heterocycles. The summed E-state index contributed by atoms with van der Waals surface area (Å²) in [5, 5.41) is 13.4. The van der Waals surface area contributed by atoms with Gasteiger partial charge in [-0.3, -0.25) is 0 Å². The quantitative estimate of drug-likeness (QED) is 0.336. The Morgan fingerprint density at radius 3 is 2.23 bits per heavy atom. The van der Waals surface area contributed by atoms with Crippen LogP contribution in [0.5, 0.6) is 17.2 Å². The van der Waals surface area contributed by atoms with Gasteiger partial charge in [-0.1, -0.05) is 18.2 Å². The number of methoxy groups -OCH3 is 1. The highest BCUT2D eigenvalue weighted by Crippen LogP contribution is 2.29. The molecule has 0 atom stereocenters. The Hall–Kier alpha value is -3.45. The molecule has 0 radical (unpaired) electrons. The van der Waals surface area contributed by atoms with Gasteiger partial charge in [0.1, 0.15) is 5.75 Å². The molecule has 3 rings (SSSR count). The third kappa shape index (κ3) is 6.36. The summed E-state index contributed by atoms with van der Waals surface area (Å²) in [6, 6.07) is 13.8. The summed E-state index contributed by atoms with van der Waals surface area (Å²) in [4.78, 5) is 12.1. The van der Waals surface area contributed by atoms with Crippen LogP contribution < -0.4 is 19.5 Å². The standard InChI is InChI=1S/C28H36N2O5/c1-6-34-25-13-10-21(16-26(25)35-7-2)14-15-29-17-24-19(3)30(20(4)27(24)28(31)32)18-22-8-11-23(33-5)12-9-22/h8-13,16,29H,6-7,14-15,17-18H2,1-5H3,(H,31,32). The summed E-state index contributed by atoms with van der Waals surface area (Å²) in [5.74, 6) is 1.40. The van der Waals surface area contributed by atoms with Gasteiger partial charge in [-0.2, -0.15) is 0 Å². The number of nitrogens with one attached hydrogen (secondary N) is 1. The van der Waals surface area contributed by atoms with Crippen molar-refractivity contribution in [2.75, 3.05) is 26.9 Å². The van der Waals surface area contributed by atoms with E-state index in [-0.39, 0.29) is 0 Å². The fourth-order valence-corrected chi connectivity index (χ4v) is 4.30. The molecule has 7 heteroatoms. The second kappa shape index (κ2) is 12.3. The molecular formula is C28H36N2O5. The van der Waals surface area contributed by atoms with Crippen LogP contribution >= 0.6 is 0 Å². The molecule has 0 bridgehead atoms. The fourth-order valence-electron chi connectivity index (χ4n) is 4.30. The molecule has 0 unspecified atom stereocenters. The number of carboxylic acids is 1. The van der Waals surface area contributed by atoms with Crippen LogP contribution in [0.15, 0.2) is 42.5 Å². The van der Waals surface area contributed by atoms with E-state index in [4.69, 9.17) is 14.2 Å². The highest BCUT2D eigenvalue weighted by molar-refractivity contribution is 5.91. The van der Waals surface area contributed by atoms with E-state index >= 15 is 0 Å². The Morgan fingerprint density at radius 2 is 1.60 bits per heavy atom. The Balaban J connectivity index is 1.70. The van der Waals surface area contributed by atoms with Gasteiger partial charge in [0.25, 0.3) is 0 Å². The van der Waals surface area contributed by atoms with Gasteiger partial charge in [-0.25, -0.2) is 4.79 Å². The number of rotatable bonds is 13. The molecule has 7 nitrogen and oxygen atoms in total. The molecule has 1 heterocycles. The first-order valence-corrected chi connectivity index (χ1v) is 12.0. The lowest BCUT2D eigenvalue weighted by Gasteiger charge is -2.13.